The Labute approximate surface area is 197 Å². The number of benzene rings is 2. The number of esters is 1. The molecule has 0 aliphatic carbocycles. The number of carbonyl (C=O) groups excluding carboxylic acids is 2. The number of ether oxygens (including phenoxy) is 2. The molecule has 1 heterocycles. The van der Waals surface area contributed by atoms with Crippen LogP contribution in [0.5, 0.6) is 5.75 Å². The summed E-state index contributed by atoms with van der Waals surface area (Å²) in [5, 5.41) is 0.945. The van der Waals surface area contributed by atoms with Crippen LogP contribution >= 0.6 is 23.4 Å². The average molecular weight is 473 g/mol. The van der Waals surface area contributed by atoms with Gasteiger partial charge in [-0.3, -0.25) is 14.5 Å². The van der Waals surface area contributed by atoms with Crippen molar-refractivity contribution in [2.24, 2.45) is 4.99 Å². The normalized spacial score (nSPS) is 14.6. The second-order valence-corrected chi connectivity index (χ2v) is 8.47. The Balaban J connectivity index is 1.86. The SMILES string of the molecule is CCOC(=O)CCCSC1=NC(=Cc2ccccc2C)C(=O)N1c1ccc(OC)c(Cl)c1. The van der Waals surface area contributed by atoms with Crippen LogP contribution in [-0.4, -0.2) is 36.5 Å². The van der Waals surface area contributed by atoms with Gasteiger partial charge in [-0.25, -0.2) is 4.99 Å². The molecule has 0 radical (unpaired) electrons. The second kappa shape index (κ2) is 11.2. The van der Waals surface area contributed by atoms with Crippen LogP contribution in [0.2, 0.25) is 5.02 Å². The summed E-state index contributed by atoms with van der Waals surface area (Å²) < 4.78 is 10.2. The van der Waals surface area contributed by atoms with Crippen LogP contribution in [0, 0.1) is 6.92 Å². The summed E-state index contributed by atoms with van der Waals surface area (Å²) in [5.74, 6) is 0.681. The zero-order valence-corrected chi connectivity index (χ0v) is 19.8. The molecule has 1 amide bonds. The number of hydrogen-bond acceptors (Lipinski definition) is 6. The van der Waals surface area contributed by atoms with E-state index in [1.54, 1.807) is 36.1 Å². The van der Waals surface area contributed by atoms with Gasteiger partial charge < -0.3 is 9.47 Å². The van der Waals surface area contributed by atoms with Crippen LogP contribution in [0.1, 0.15) is 30.9 Å². The summed E-state index contributed by atoms with van der Waals surface area (Å²) in [6.45, 7) is 4.14. The maximum Gasteiger partial charge on any atom is 0.305 e. The number of amidine groups is 1. The lowest BCUT2D eigenvalue weighted by Crippen LogP contribution is -2.30. The van der Waals surface area contributed by atoms with Crippen molar-refractivity contribution in [3.63, 3.8) is 0 Å². The molecule has 0 aromatic heterocycles. The highest BCUT2D eigenvalue weighted by molar-refractivity contribution is 8.14. The molecule has 168 valence electrons. The molecule has 0 atom stereocenters. The monoisotopic (exact) mass is 472 g/mol. The first kappa shape index (κ1) is 23.9. The maximum absolute atomic E-state index is 13.3. The molecule has 0 saturated carbocycles. The molecule has 0 fully saturated rings. The Kier molecular flexibility index (Phi) is 8.36. The van der Waals surface area contributed by atoms with E-state index < -0.39 is 0 Å². The van der Waals surface area contributed by atoms with Gasteiger partial charge in [-0.05, 0) is 55.7 Å². The number of carbonyl (C=O) groups is 2. The zero-order valence-electron chi connectivity index (χ0n) is 18.3. The Morgan fingerprint density at radius 3 is 2.72 bits per heavy atom. The third-order valence-corrected chi connectivity index (χ3v) is 6.09. The van der Waals surface area contributed by atoms with E-state index in [9.17, 15) is 9.59 Å². The topological polar surface area (TPSA) is 68.2 Å². The largest absolute Gasteiger partial charge is 0.495 e. The van der Waals surface area contributed by atoms with Gasteiger partial charge in [0.25, 0.3) is 5.91 Å². The first-order chi connectivity index (χ1) is 15.4. The Bertz CT molecular complexity index is 1070. The van der Waals surface area contributed by atoms with Gasteiger partial charge >= 0.3 is 5.97 Å². The Morgan fingerprint density at radius 2 is 2.03 bits per heavy atom. The predicted molar refractivity (Wildman–Crippen MR) is 130 cm³/mol. The molecule has 3 rings (SSSR count). The highest BCUT2D eigenvalue weighted by Gasteiger charge is 2.32. The summed E-state index contributed by atoms with van der Waals surface area (Å²) in [4.78, 5) is 31.1. The molecule has 0 unspecified atom stereocenters. The minimum atomic E-state index is -0.234. The molecule has 0 N–H and O–H groups in total. The van der Waals surface area contributed by atoms with Gasteiger partial charge in [-0.2, -0.15) is 0 Å². The van der Waals surface area contributed by atoms with E-state index in [2.05, 4.69) is 4.99 Å². The molecule has 6 nitrogen and oxygen atoms in total. The lowest BCUT2D eigenvalue weighted by Gasteiger charge is -2.18. The number of halogens is 1. The predicted octanol–water partition coefficient (Wildman–Crippen LogP) is 5.48. The van der Waals surface area contributed by atoms with Crippen LogP contribution in [-0.2, 0) is 14.3 Å². The van der Waals surface area contributed by atoms with E-state index in [4.69, 9.17) is 21.1 Å². The summed E-state index contributed by atoms with van der Waals surface area (Å²) in [5.41, 5.74) is 2.93. The lowest BCUT2D eigenvalue weighted by atomic mass is 10.1. The highest BCUT2D eigenvalue weighted by Crippen LogP contribution is 2.34. The molecule has 1 aliphatic rings. The van der Waals surface area contributed by atoms with Crippen molar-refractivity contribution in [1.29, 1.82) is 0 Å². The second-order valence-electron chi connectivity index (χ2n) is 7.00. The summed E-state index contributed by atoms with van der Waals surface area (Å²) >= 11 is 7.72. The third-order valence-electron chi connectivity index (χ3n) is 4.77. The zero-order chi connectivity index (χ0) is 23.1. The number of aryl methyl sites for hydroxylation is 1. The molecule has 32 heavy (non-hydrogen) atoms. The molecule has 0 bridgehead atoms. The number of methoxy groups -OCH3 is 1. The third kappa shape index (κ3) is 5.72. The number of rotatable bonds is 8. The molecular weight excluding hydrogens is 448 g/mol. The minimum absolute atomic E-state index is 0.225. The van der Waals surface area contributed by atoms with E-state index >= 15 is 0 Å². The Morgan fingerprint density at radius 1 is 1.25 bits per heavy atom. The van der Waals surface area contributed by atoms with Gasteiger partial charge in [0.2, 0.25) is 0 Å². The fraction of sp³-hybridized carbons (Fsp3) is 0.292. The van der Waals surface area contributed by atoms with Gasteiger partial charge in [0.1, 0.15) is 11.4 Å². The number of nitrogens with zero attached hydrogens (tertiary/aromatic N) is 2. The molecular formula is C24H25ClN2O4S. The number of thioether (sulfide) groups is 1. The molecule has 1 aliphatic heterocycles. The molecule has 8 heteroatoms. The minimum Gasteiger partial charge on any atom is -0.495 e. The fourth-order valence-corrected chi connectivity index (χ4v) is 4.33. The lowest BCUT2D eigenvalue weighted by molar-refractivity contribution is -0.143. The van der Waals surface area contributed by atoms with Crippen LogP contribution in [0.4, 0.5) is 5.69 Å². The van der Waals surface area contributed by atoms with Crippen molar-refractivity contribution in [3.8, 4) is 5.75 Å². The fourth-order valence-electron chi connectivity index (χ4n) is 3.12. The van der Waals surface area contributed by atoms with Gasteiger partial charge in [0.05, 0.1) is 24.4 Å². The van der Waals surface area contributed by atoms with Crippen molar-refractivity contribution >= 4 is 52.2 Å². The molecule has 0 saturated heterocycles. The van der Waals surface area contributed by atoms with E-state index in [0.29, 0.717) is 52.5 Å². The number of hydrogen-bond donors (Lipinski definition) is 0. The molecule has 0 spiro atoms. The summed E-state index contributed by atoms with van der Waals surface area (Å²) in [6.07, 6.45) is 2.73. The van der Waals surface area contributed by atoms with Crippen LogP contribution in [0.15, 0.2) is 53.2 Å². The molecule has 2 aromatic rings. The number of amides is 1. The van der Waals surface area contributed by atoms with Gasteiger partial charge in [0, 0.05) is 12.2 Å². The van der Waals surface area contributed by atoms with E-state index in [-0.39, 0.29) is 11.9 Å². The Hall–Kier alpha value is -2.77. The van der Waals surface area contributed by atoms with Gasteiger partial charge in [-0.15, -0.1) is 0 Å². The standard InChI is InChI=1S/C24H25ClN2O4S/c1-4-31-22(28)10-7-13-32-24-26-20(14-17-9-6-5-8-16(17)2)23(29)27(24)18-11-12-21(30-3)19(25)15-18/h5-6,8-9,11-12,14-15H,4,7,10,13H2,1-3H3. The highest BCUT2D eigenvalue weighted by atomic mass is 35.5. The van der Waals surface area contributed by atoms with Crippen LogP contribution in [0.25, 0.3) is 6.08 Å². The molecule has 2 aromatic carbocycles. The van der Waals surface area contributed by atoms with Crippen LogP contribution in [0.3, 0.4) is 0 Å². The van der Waals surface area contributed by atoms with Crippen molar-refractivity contribution in [2.45, 2.75) is 26.7 Å². The van der Waals surface area contributed by atoms with Gasteiger partial charge in [0.15, 0.2) is 5.17 Å². The van der Waals surface area contributed by atoms with Gasteiger partial charge in [-0.1, -0.05) is 47.6 Å². The smallest absolute Gasteiger partial charge is 0.305 e. The quantitative estimate of drug-likeness (QED) is 0.289. The first-order valence-electron chi connectivity index (χ1n) is 10.3. The summed E-state index contributed by atoms with van der Waals surface area (Å²) in [7, 11) is 1.54. The van der Waals surface area contributed by atoms with Crippen molar-refractivity contribution in [1.82, 2.24) is 0 Å². The van der Waals surface area contributed by atoms with Crippen LogP contribution < -0.4 is 9.64 Å². The van der Waals surface area contributed by atoms with E-state index in [1.165, 1.54) is 18.9 Å². The summed E-state index contributed by atoms with van der Waals surface area (Å²) in [6, 6.07) is 13.0. The number of aliphatic imine (C=N–C) groups is 1. The van der Waals surface area contributed by atoms with Crippen molar-refractivity contribution < 1.29 is 19.1 Å². The van der Waals surface area contributed by atoms with E-state index in [1.807, 2.05) is 31.2 Å². The number of anilines is 1. The average Bonchev–Trinajstić information content (AvgIpc) is 3.08. The first-order valence-corrected chi connectivity index (χ1v) is 11.6. The van der Waals surface area contributed by atoms with E-state index in [0.717, 1.165) is 11.1 Å². The van der Waals surface area contributed by atoms with Crippen molar-refractivity contribution in [3.05, 3.63) is 64.3 Å². The maximum atomic E-state index is 13.3. The van der Waals surface area contributed by atoms with Crippen molar-refractivity contribution in [2.75, 3.05) is 24.4 Å².